The lowest BCUT2D eigenvalue weighted by Gasteiger charge is -2.60. The summed E-state index contributed by atoms with van der Waals surface area (Å²) in [6.07, 6.45) is 6.38. The molecule has 0 aromatic carbocycles. The van der Waals surface area contributed by atoms with Gasteiger partial charge in [-0.3, -0.25) is 4.79 Å². The summed E-state index contributed by atoms with van der Waals surface area (Å²) in [6, 6.07) is 0. The van der Waals surface area contributed by atoms with Crippen LogP contribution >= 0.6 is 12.4 Å². The van der Waals surface area contributed by atoms with Gasteiger partial charge in [-0.05, 0) is 68.1 Å². The Morgan fingerprint density at radius 3 is 2.73 bits per heavy atom. The molecular weight excluding hydrogens is 406 g/mol. The van der Waals surface area contributed by atoms with E-state index in [1.807, 2.05) is 0 Å². The van der Waals surface area contributed by atoms with E-state index in [1.54, 1.807) is 0 Å². The molecule has 0 saturated heterocycles. The van der Waals surface area contributed by atoms with Crippen molar-refractivity contribution >= 4 is 30.0 Å². The molecule has 0 radical (unpaired) electrons. The number of nitrogens with one attached hydrogen (secondary N) is 1. The summed E-state index contributed by atoms with van der Waals surface area (Å²) in [5.41, 5.74) is 6.12. The second-order valence-corrected chi connectivity index (χ2v) is 10.2. The molecule has 4 rings (SSSR count). The molecule has 0 aliphatic heterocycles. The third kappa shape index (κ3) is 3.62. The van der Waals surface area contributed by atoms with E-state index in [4.69, 9.17) is 10.5 Å². The molecule has 0 spiro atoms. The van der Waals surface area contributed by atoms with Gasteiger partial charge >= 0.3 is 6.09 Å². The van der Waals surface area contributed by atoms with Crippen LogP contribution in [0, 0.1) is 34.5 Å². The lowest BCUT2D eigenvalue weighted by Crippen LogP contribution is -2.57. The molecule has 4 aliphatic rings. The maximum Gasteiger partial charge on any atom is 0.407 e. The van der Waals surface area contributed by atoms with Crippen molar-refractivity contribution < 1.29 is 19.5 Å². The Hall–Kier alpha value is -1.34. The van der Waals surface area contributed by atoms with Gasteiger partial charge in [0.15, 0.2) is 0 Å². The average Bonchev–Trinajstić information content (AvgIpc) is 3.01. The van der Waals surface area contributed by atoms with Crippen molar-refractivity contribution in [2.24, 2.45) is 45.4 Å². The van der Waals surface area contributed by atoms with Crippen LogP contribution in [0.25, 0.3) is 0 Å². The summed E-state index contributed by atoms with van der Waals surface area (Å²) >= 11 is 0. The minimum absolute atomic E-state index is 0. The normalized spacial score (nSPS) is 43.8. The molecule has 0 aromatic heterocycles. The quantitative estimate of drug-likeness (QED) is 0.458. The number of hydrogen-bond acceptors (Lipinski definition) is 6. The molecule has 4 fully saturated rings. The number of Topliss-reactive ketones (excluding diaryl/α,β-unsaturated/α-hetero) is 1. The van der Waals surface area contributed by atoms with Gasteiger partial charge in [0.1, 0.15) is 11.9 Å². The first-order valence-electron chi connectivity index (χ1n) is 11.2. The number of nitrogens with zero attached hydrogens (tertiary/aromatic N) is 1. The van der Waals surface area contributed by atoms with Crippen LogP contribution in [0.3, 0.4) is 0 Å². The summed E-state index contributed by atoms with van der Waals surface area (Å²) in [4.78, 5) is 24.6. The Morgan fingerprint density at radius 2 is 2.03 bits per heavy atom. The fourth-order valence-electron chi connectivity index (χ4n) is 7.39. The van der Waals surface area contributed by atoms with Crippen molar-refractivity contribution in [2.45, 2.75) is 71.3 Å². The minimum Gasteiger partial charge on any atom is -0.446 e. The Bertz CT molecular complexity index is 716. The largest absolute Gasteiger partial charge is 0.446 e. The number of carbonyl (C=O) groups excluding carboxylic acids is 2. The number of alkyl carbamates (subject to hydrolysis) is 1. The van der Waals surface area contributed by atoms with Crippen LogP contribution < -0.4 is 11.1 Å². The topological polar surface area (TPSA) is 114 Å². The zero-order chi connectivity index (χ0) is 20.8. The number of amides is 1. The summed E-state index contributed by atoms with van der Waals surface area (Å²) in [7, 11) is 0. The lowest BCUT2D eigenvalue weighted by atomic mass is 9.44. The zero-order valence-corrected chi connectivity index (χ0v) is 18.9. The maximum atomic E-state index is 12.6. The summed E-state index contributed by atoms with van der Waals surface area (Å²) < 4.78 is 5.63. The molecular formula is C22H36ClN3O4. The van der Waals surface area contributed by atoms with Gasteiger partial charge in [0.2, 0.25) is 0 Å². The number of ketones is 1. The first-order chi connectivity index (χ1) is 13.8. The molecule has 7 nitrogen and oxygen atoms in total. The monoisotopic (exact) mass is 441 g/mol. The molecule has 4 aliphatic carbocycles. The number of hydrogen-bond donors (Lipinski definition) is 3. The molecule has 1 amide bonds. The maximum absolute atomic E-state index is 12.6. The number of nitrogens with two attached hydrogens (primary N) is 1. The predicted molar refractivity (Wildman–Crippen MR) is 116 cm³/mol. The third-order valence-electron chi connectivity index (χ3n) is 8.96. The second kappa shape index (κ2) is 8.65. The summed E-state index contributed by atoms with van der Waals surface area (Å²) in [5, 5.41) is 16.3. The molecule has 4 saturated carbocycles. The van der Waals surface area contributed by atoms with Crippen molar-refractivity contribution in [3.63, 3.8) is 0 Å². The SMILES string of the molecule is C[C@]12CC[C@H](OC(=O)NCCN)CC1/C(=N/O)C[C@@H]1[C@@H]2CC[C@]2(C)C(=O)CC[C@@H]12.Cl. The van der Waals surface area contributed by atoms with Gasteiger partial charge in [-0.2, -0.15) is 0 Å². The fourth-order valence-corrected chi connectivity index (χ4v) is 7.39. The number of fused-ring (bicyclic) bond motifs is 5. The van der Waals surface area contributed by atoms with Crippen LogP contribution in [0.5, 0.6) is 0 Å². The first kappa shape index (κ1) is 23.3. The van der Waals surface area contributed by atoms with Gasteiger partial charge in [0, 0.05) is 30.8 Å². The Morgan fingerprint density at radius 1 is 1.27 bits per heavy atom. The standard InChI is InChI=1S/C22H35N3O4.ClH/c1-21-7-5-13(29-20(27)24-10-9-23)11-17(21)18(25-28)12-14-15-3-4-19(26)22(15,2)8-6-16(14)21;/h13-17,28H,3-12,23H2,1-2H3,(H,24,27);1H/b25-18+;/t13-,14-,15-,16-,17?,21+,22-;/m0./s1. The van der Waals surface area contributed by atoms with Crippen molar-refractivity contribution in [3.05, 3.63) is 0 Å². The van der Waals surface area contributed by atoms with Gasteiger partial charge in [0.25, 0.3) is 0 Å². The van der Waals surface area contributed by atoms with Crippen molar-refractivity contribution in [1.82, 2.24) is 5.32 Å². The van der Waals surface area contributed by atoms with E-state index in [1.165, 1.54) is 0 Å². The van der Waals surface area contributed by atoms with E-state index < -0.39 is 6.09 Å². The summed E-state index contributed by atoms with van der Waals surface area (Å²) in [6.45, 7) is 5.29. The Kier molecular flexibility index (Phi) is 6.73. The minimum atomic E-state index is -0.418. The third-order valence-corrected chi connectivity index (χ3v) is 8.96. The van der Waals surface area contributed by atoms with Crippen molar-refractivity contribution in [3.8, 4) is 0 Å². The highest BCUT2D eigenvalue weighted by Crippen LogP contribution is 2.65. The van der Waals surface area contributed by atoms with E-state index in [0.717, 1.165) is 44.2 Å². The molecule has 4 N–H and O–H groups in total. The highest BCUT2D eigenvalue weighted by Gasteiger charge is 2.62. The van der Waals surface area contributed by atoms with Gasteiger partial charge in [-0.25, -0.2) is 4.79 Å². The van der Waals surface area contributed by atoms with E-state index >= 15 is 0 Å². The average molecular weight is 442 g/mol. The molecule has 8 heteroatoms. The number of halogens is 1. The van der Waals surface area contributed by atoms with Crippen LogP contribution in [-0.2, 0) is 9.53 Å². The molecule has 0 bridgehead atoms. The van der Waals surface area contributed by atoms with Crippen LogP contribution in [-0.4, -0.2) is 42.0 Å². The van der Waals surface area contributed by atoms with Gasteiger partial charge in [0.05, 0.1) is 5.71 Å². The molecule has 30 heavy (non-hydrogen) atoms. The summed E-state index contributed by atoms with van der Waals surface area (Å²) in [5.74, 6) is 1.90. The Labute approximate surface area is 185 Å². The zero-order valence-electron chi connectivity index (χ0n) is 18.1. The first-order valence-corrected chi connectivity index (χ1v) is 11.2. The number of ether oxygens (including phenoxy) is 1. The lowest BCUT2D eigenvalue weighted by molar-refractivity contribution is -0.134. The van der Waals surface area contributed by atoms with Crippen LogP contribution in [0.4, 0.5) is 4.79 Å². The van der Waals surface area contributed by atoms with E-state index in [-0.39, 0.29) is 35.3 Å². The van der Waals surface area contributed by atoms with Crippen molar-refractivity contribution in [2.75, 3.05) is 13.1 Å². The number of rotatable bonds is 3. The molecule has 1 unspecified atom stereocenters. The fraction of sp³-hybridized carbons (Fsp3) is 0.864. The molecule has 170 valence electrons. The van der Waals surface area contributed by atoms with Crippen molar-refractivity contribution in [1.29, 1.82) is 0 Å². The highest BCUT2D eigenvalue weighted by molar-refractivity contribution is 5.90. The number of carbonyl (C=O) groups is 2. The van der Waals surface area contributed by atoms with Crippen LogP contribution in [0.2, 0.25) is 0 Å². The van der Waals surface area contributed by atoms with E-state index in [9.17, 15) is 14.8 Å². The van der Waals surface area contributed by atoms with Gasteiger partial charge in [-0.1, -0.05) is 19.0 Å². The highest BCUT2D eigenvalue weighted by atomic mass is 35.5. The van der Waals surface area contributed by atoms with E-state index in [0.29, 0.717) is 49.5 Å². The Balaban J connectivity index is 0.00000256. The van der Waals surface area contributed by atoms with E-state index in [2.05, 4.69) is 24.3 Å². The molecule has 7 atom stereocenters. The van der Waals surface area contributed by atoms with Crippen LogP contribution in [0.1, 0.15) is 65.2 Å². The predicted octanol–water partition coefficient (Wildman–Crippen LogP) is 3.51. The number of oxime groups is 1. The second-order valence-electron chi connectivity index (χ2n) is 10.2. The molecule has 0 aromatic rings. The smallest absolute Gasteiger partial charge is 0.407 e. The van der Waals surface area contributed by atoms with Gasteiger partial charge in [-0.15, -0.1) is 12.4 Å². The molecule has 0 heterocycles. The van der Waals surface area contributed by atoms with Gasteiger partial charge < -0.3 is 21.0 Å². The van der Waals surface area contributed by atoms with Crippen LogP contribution in [0.15, 0.2) is 5.16 Å².